The molecule has 1 N–H and O–H groups in total. The van der Waals surface area contributed by atoms with Crippen LogP contribution in [0.15, 0.2) is 47.4 Å². The van der Waals surface area contributed by atoms with E-state index in [0.717, 1.165) is 18.2 Å². The van der Waals surface area contributed by atoms with Crippen molar-refractivity contribution in [2.75, 3.05) is 5.32 Å². The largest absolute Gasteiger partial charge is 0.322 e. The number of amides is 1. The van der Waals surface area contributed by atoms with E-state index >= 15 is 0 Å². The first-order chi connectivity index (χ1) is 9.95. The SMILES string of the molecule is O=C(Nc1ccc(SC(F)F)cc1)c1cc(F)ccc1F. The maximum atomic E-state index is 13.4. The molecular weight excluding hydrogens is 306 g/mol. The molecule has 0 saturated heterocycles. The van der Waals surface area contributed by atoms with Crippen molar-refractivity contribution in [1.82, 2.24) is 0 Å². The smallest absolute Gasteiger partial charge is 0.288 e. The highest BCUT2D eigenvalue weighted by molar-refractivity contribution is 7.99. The van der Waals surface area contributed by atoms with Crippen molar-refractivity contribution >= 4 is 23.4 Å². The Labute approximate surface area is 122 Å². The molecule has 2 aromatic rings. The maximum absolute atomic E-state index is 13.4. The van der Waals surface area contributed by atoms with Gasteiger partial charge in [-0.3, -0.25) is 4.79 Å². The molecule has 2 rings (SSSR count). The van der Waals surface area contributed by atoms with Crippen molar-refractivity contribution in [3.05, 3.63) is 59.7 Å². The van der Waals surface area contributed by atoms with Gasteiger partial charge in [0.2, 0.25) is 0 Å². The molecule has 7 heteroatoms. The van der Waals surface area contributed by atoms with Crippen LogP contribution >= 0.6 is 11.8 Å². The van der Waals surface area contributed by atoms with Crippen LogP contribution in [0.5, 0.6) is 0 Å². The lowest BCUT2D eigenvalue weighted by atomic mass is 10.2. The molecule has 0 aliphatic heterocycles. The van der Waals surface area contributed by atoms with E-state index in [1.807, 2.05) is 0 Å². The van der Waals surface area contributed by atoms with Crippen molar-refractivity contribution in [3.63, 3.8) is 0 Å². The predicted molar refractivity (Wildman–Crippen MR) is 72.6 cm³/mol. The van der Waals surface area contributed by atoms with Crippen molar-refractivity contribution < 1.29 is 22.4 Å². The van der Waals surface area contributed by atoms with Gasteiger partial charge >= 0.3 is 0 Å². The van der Waals surface area contributed by atoms with Crippen LogP contribution < -0.4 is 5.32 Å². The van der Waals surface area contributed by atoms with Gasteiger partial charge in [0, 0.05) is 10.6 Å². The van der Waals surface area contributed by atoms with Crippen LogP contribution in [0.3, 0.4) is 0 Å². The summed E-state index contributed by atoms with van der Waals surface area (Å²) in [5.41, 5.74) is -0.136. The van der Waals surface area contributed by atoms with Gasteiger partial charge in [-0.2, -0.15) is 8.78 Å². The summed E-state index contributed by atoms with van der Waals surface area (Å²) in [6, 6.07) is 8.14. The van der Waals surface area contributed by atoms with Crippen LogP contribution in [0, 0.1) is 11.6 Å². The van der Waals surface area contributed by atoms with Crippen LogP contribution in [0.1, 0.15) is 10.4 Å². The minimum atomic E-state index is -2.54. The molecular formula is C14H9F4NOS. The van der Waals surface area contributed by atoms with Gasteiger partial charge in [-0.1, -0.05) is 11.8 Å². The summed E-state index contributed by atoms with van der Waals surface area (Å²) in [7, 11) is 0. The number of carbonyl (C=O) groups is 1. The Morgan fingerprint density at radius 3 is 2.33 bits per heavy atom. The molecule has 0 atom stereocenters. The van der Waals surface area contributed by atoms with E-state index in [9.17, 15) is 22.4 Å². The third-order valence-corrected chi connectivity index (χ3v) is 3.23. The molecule has 0 heterocycles. The summed E-state index contributed by atoms with van der Waals surface area (Å²) in [4.78, 5) is 12.1. The summed E-state index contributed by atoms with van der Waals surface area (Å²) in [5.74, 6) is -4.93. The van der Waals surface area contributed by atoms with Gasteiger partial charge in [0.25, 0.3) is 11.7 Å². The van der Waals surface area contributed by atoms with Crippen molar-refractivity contribution in [2.45, 2.75) is 10.7 Å². The molecule has 1 amide bonds. The fourth-order valence-electron chi connectivity index (χ4n) is 1.59. The van der Waals surface area contributed by atoms with E-state index in [0.29, 0.717) is 22.3 Å². The number of hydrogen-bond donors (Lipinski definition) is 1. The van der Waals surface area contributed by atoms with Crippen LogP contribution in [-0.2, 0) is 0 Å². The predicted octanol–water partition coefficient (Wildman–Crippen LogP) is 4.53. The summed E-state index contributed by atoms with van der Waals surface area (Å²) < 4.78 is 50.7. The average Bonchev–Trinajstić information content (AvgIpc) is 2.43. The topological polar surface area (TPSA) is 29.1 Å². The number of thioether (sulfide) groups is 1. The number of nitrogens with one attached hydrogen (secondary N) is 1. The fraction of sp³-hybridized carbons (Fsp3) is 0.0714. The van der Waals surface area contributed by atoms with Crippen molar-refractivity contribution in [3.8, 4) is 0 Å². The Bertz CT molecular complexity index is 646. The molecule has 0 saturated carbocycles. The molecule has 2 nitrogen and oxygen atoms in total. The Kier molecular flexibility index (Phi) is 4.85. The van der Waals surface area contributed by atoms with Crippen molar-refractivity contribution in [1.29, 1.82) is 0 Å². The van der Waals surface area contributed by atoms with Gasteiger partial charge in [-0.25, -0.2) is 8.78 Å². The van der Waals surface area contributed by atoms with Crippen LogP contribution in [0.25, 0.3) is 0 Å². The molecule has 110 valence electrons. The van der Waals surface area contributed by atoms with E-state index in [1.165, 1.54) is 24.3 Å². The highest BCUT2D eigenvalue weighted by atomic mass is 32.2. The van der Waals surface area contributed by atoms with Gasteiger partial charge in [0.15, 0.2) is 0 Å². The lowest BCUT2D eigenvalue weighted by molar-refractivity contribution is 0.102. The number of halogens is 4. The van der Waals surface area contributed by atoms with Gasteiger partial charge in [-0.15, -0.1) is 0 Å². The first-order valence-electron chi connectivity index (χ1n) is 5.77. The number of rotatable bonds is 4. The molecule has 21 heavy (non-hydrogen) atoms. The molecule has 2 aromatic carbocycles. The second-order valence-electron chi connectivity index (χ2n) is 3.98. The minimum absolute atomic E-state index is 0.294. The molecule has 0 bridgehead atoms. The molecule has 0 radical (unpaired) electrons. The zero-order chi connectivity index (χ0) is 15.4. The number of carbonyl (C=O) groups excluding carboxylic acids is 1. The van der Waals surface area contributed by atoms with Gasteiger partial charge in [-0.05, 0) is 42.5 Å². The summed E-state index contributed by atoms with van der Waals surface area (Å²) in [6.45, 7) is 0. The fourth-order valence-corrected chi connectivity index (χ4v) is 2.09. The third kappa shape index (κ3) is 4.22. The van der Waals surface area contributed by atoms with Gasteiger partial charge < -0.3 is 5.32 Å². The molecule has 0 unspecified atom stereocenters. The second kappa shape index (κ2) is 6.62. The second-order valence-corrected chi connectivity index (χ2v) is 5.04. The van der Waals surface area contributed by atoms with E-state index in [4.69, 9.17) is 0 Å². The highest BCUT2D eigenvalue weighted by Crippen LogP contribution is 2.26. The number of benzene rings is 2. The Hall–Kier alpha value is -2.02. The monoisotopic (exact) mass is 315 g/mol. The Morgan fingerprint density at radius 2 is 1.71 bits per heavy atom. The van der Waals surface area contributed by atoms with E-state index < -0.39 is 28.9 Å². The molecule has 0 fully saturated rings. The summed E-state index contributed by atoms with van der Waals surface area (Å²) >= 11 is 0.371. The first-order valence-corrected chi connectivity index (χ1v) is 6.65. The lowest BCUT2D eigenvalue weighted by Crippen LogP contribution is -2.14. The van der Waals surface area contributed by atoms with Crippen LogP contribution in [0.4, 0.5) is 23.2 Å². The zero-order valence-corrected chi connectivity index (χ0v) is 11.3. The third-order valence-electron chi connectivity index (χ3n) is 2.51. The van der Waals surface area contributed by atoms with E-state index in [2.05, 4.69) is 5.32 Å². The maximum Gasteiger partial charge on any atom is 0.288 e. The normalized spacial score (nSPS) is 10.7. The summed E-state index contributed by atoms with van der Waals surface area (Å²) in [5, 5.41) is 2.36. The lowest BCUT2D eigenvalue weighted by Gasteiger charge is -2.07. The Balaban J connectivity index is 2.10. The van der Waals surface area contributed by atoms with Crippen LogP contribution in [0.2, 0.25) is 0 Å². The number of hydrogen-bond acceptors (Lipinski definition) is 2. The standard InChI is InChI=1S/C14H9F4NOS/c15-8-1-6-12(16)11(7-8)13(20)19-9-2-4-10(5-3-9)21-14(17)18/h1-7,14H,(H,19,20). The van der Waals surface area contributed by atoms with Crippen LogP contribution in [-0.4, -0.2) is 11.7 Å². The highest BCUT2D eigenvalue weighted by Gasteiger charge is 2.13. The number of alkyl halides is 2. The molecule has 0 spiro atoms. The average molecular weight is 315 g/mol. The summed E-state index contributed by atoms with van der Waals surface area (Å²) in [6.07, 6.45) is 0. The molecule has 0 aromatic heterocycles. The zero-order valence-electron chi connectivity index (χ0n) is 10.4. The van der Waals surface area contributed by atoms with Crippen molar-refractivity contribution in [2.24, 2.45) is 0 Å². The van der Waals surface area contributed by atoms with Gasteiger partial charge in [0.05, 0.1) is 5.56 Å². The Morgan fingerprint density at radius 1 is 1.05 bits per heavy atom. The number of anilines is 1. The van der Waals surface area contributed by atoms with Gasteiger partial charge in [0.1, 0.15) is 11.6 Å². The molecule has 0 aliphatic rings. The molecule has 0 aliphatic carbocycles. The first kappa shape index (κ1) is 15.4. The quantitative estimate of drug-likeness (QED) is 0.663. The minimum Gasteiger partial charge on any atom is -0.322 e. The van der Waals surface area contributed by atoms with E-state index in [1.54, 1.807) is 0 Å². The van der Waals surface area contributed by atoms with E-state index in [-0.39, 0.29) is 0 Å².